The van der Waals surface area contributed by atoms with Gasteiger partial charge in [0.2, 0.25) is 0 Å². The zero-order valence-corrected chi connectivity index (χ0v) is 25.3. The lowest BCUT2D eigenvalue weighted by Crippen LogP contribution is -2.03. The predicted molar refractivity (Wildman–Crippen MR) is 176 cm³/mol. The summed E-state index contributed by atoms with van der Waals surface area (Å²) in [6, 6.07) is 31.5. The fraction of sp³-hybridized carbons (Fsp3) is 0.297. The van der Waals surface area contributed by atoms with E-state index in [0.717, 1.165) is 78.0 Å². The minimum absolute atomic E-state index is 0.252. The van der Waals surface area contributed by atoms with E-state index in [0.29, 0.717) is 26.4 Å². The average Bonchev–Trinajstić information content (AvgIpc) is 4.02. The molecule has 2 heterocycles. The number of rotatable bonds is 18. The molecule has 0 N–H and O–H groups in total. The molecule has 0 radical (unpaired) electrons. The molecule has 232 valence electrons. The van der Waals surface area contributed by atoms with Gasteiger partial charge in [-0.2, -0.15) is 0 Å². The summed E-state index contributed by atoms with van der Waals surface area (Å²) in [5.41, 5.74) is 3.78. The van der Waals surface area contributed by atoms with Gasteiger partial charge in [0.05, 0.1) is 37.8 Å². The van der Waals surface area contributed by atoms with Crippen LogP contribution in [0.25, 0.3) is 0 Å². The van der Waals surface area contributed by atoms with Crippen LogP contribution in [-0.2, 0) is 9.47 Å². The number of epoxide rings is 2. The maximum atomic E-state index is 5.91. The van der Waals surface area contributed by atoms with E-state index >= 15 is 0 Å². The summed E-state index contributed by atoms with van der Waals surface area (Å²) >= 11 is 0. The first-order valence-electron chi connectivity index (χ1n) is 15.5. The molecule has 2 saturated heterocycles. The van der Waals surface area contributed by atoms with Crippen molar-refractivity contribution in [3.05, 3.63) is 108 Å². The lowest BCUT2D eigenvalue weighted by Gasteiger charge is -2.08. The van der Waals surface area contributed by atoms with Crippen LogP contribution in [0.15, 0.2) is 107 Å². The van der Waals surface area contributed by atoms with Crippen LogP contribution < -0.4 is 18.9 Å². The zero-order chi connectivity index (χ0) is 30.5. The van der Waals surface area contributed by atoms with Crippen LogP contribution in [0.4, 0.5) is 11.4 Å². The highest BCUT2D eigenvalue weighted by atomic mass is 16.6. The molecule has 0 aliphatic carbocycles. The molecule has 2 unspecified atom stereocenters. The summed E-state index contributed by atoms with van der Waals surface area (Å²) < 4.78 is 33.5. The van der Waals surface area contributed by atoms with E-state index in [-0.39, 0.29) is 12.2 Å². The molecule has 2 atom stereocenters. The second kappa shape index (κ2) is 15.9. The third-order valence-corrected chi connectivity index (χ3v) is 7.16. The van der Waals surface area contributed by atoms with Crippen molar-refractivity contribution in [1.82, 2.24) is 0 Å². The highest BCUT2D eigenvalue weighted by molar-refractivity contribution is 5.82. The summed E-state index contributed by atoms with van der Waals surface area (Å²) in [6.07, 6.45) is 7.17. The quantitative estimate of drug-likeness (QED) is 0.0668. The minimum Gasteiger partial charge on any atom is -0.494 e. The molecule has 0 spiro atoms. The van der Waals surface area contributed by atoms with E-state index in [2.05, 4.69) is 9.98 Å². The number of unbranched alkanes of at least 4 members (excludes halogenated alkanes) is 2. The Labute approximate surface area is 264 Å². The van der Waals surface area contributed by atoms with Gasteiger partial charge >= 0.3 is 0 Å². The normalized spacial score (nSPS) is 17.0. The van der Waals surface area contributed by atoms with E-state index in [4.69, 9.17) is 28.4 Å². The Balaban J connectivity index is 0.819. The molecule has 8 nitrogen and oxygen atoms in total. The number of hydrogen-bond donors (Lipinski definition) is 0. The first-order chi connectivity index (χ1) is 22.2. The van der Waals surface area contributed by atoms with Crippen LogP contribution in [0.1, 0.15) is 30.4 Å². The van der Waals surface area contributed by atoms with Gasteiger partial charge in [-0.1, -0.05) is 0 Å². The molecule has 2 aliphatic rings. The topological polar surface area (TPSA) is 86.7 Å². The summed E-state index contributed by atoms with van der Waals surface area (Å²) in [4.78, 5) is 9.09. The first kappa shape index (κ1) is 30.4. The lowest BCUT2D eigenvalue weighted by molar-refractivity contribution is 0.263. The van der Waals surface area contributed by atoms with Crippen molar-refractivity contribution < 1.29 is 28.4 Å². The van der Waals surface area contributed by atoms with Gasteiger partial charge in [0, 0.05) is 12.4 Å². The molecule has 0 saturated carbocycles. The maximum absolute atomic E-state index is 5.91. The Morgan fingerprint density at radius 2 is 0.844 bits per heavy atom. The molecule has 45 heavy (non-hydrogen) atoms. The summed E-state index contributed by atoms with van der Waals surface area (Å²) in [5.74, 6) is 3.38. The average molecular weight is 607 g/mol. The number of benzene rings is 4. The maximum Gasteiger partial charge on any atom is 0.119 e. The van der Waals surface area contributed by atoms with E-state index in [1.165, 1.54) is 0 Å². The van der Waals surface area contributed by atoms with Crippen molar-refractivity contribution in [2.75, 3.05) is 39.6 Å². The fourth-order valence-corrected chi connectivity index (χ4v) is 4.32. The molecule has 0 amide bonds. The molecule has 6 rings (SSSR count). The van der Waals surface area contributed by atoms with E-state index in [1.807, 2.05) is 109 Å². The van der Waals surface area contributed by atoms with Crippen LogP contribution in [-0.4, -0.2) is 64.3 Å². The molecule has 4 aromatic carbocycles. The smallest absolute Gasteiger partial charge is 0.119 e. The Hall–Kier alpha value is -4.66. The van der Waals surface area contributed by atoms with E-state index in [1.54, 1.807) is 0 Å². The fourth-order valence-electron chi connectivity index (χ4n) is 4.32. The molecule has 0 bridgehead atoms. The van der Waals surface area contributed by atoms with Crippen molar-refractivity contribution in [2.24, 2.45) is 9.98 Å². The number of aliphatic imine (C=N–C) groups is 2. The van der Waals surface area contributed by atoms with Gasteiger partial charge in [-0.05, 0) is 127 Å². The van der Waals surface area contributed by atoms with Crippen molar-refractivity contribution in [2.45, 2.75) is 31.5 Å². The van der Waals surface area contributed by atoms with Gasteiger partial charge in [0.25, 0.3) is 0 Å². The summed E-state index contributed by atoms with van der Waals surface area (Å²) in [6.45, 7) is 4.14. The van der Waals surface area contributed by atoms with E-state index < -0.39 is 0 Å². The highest BCUT2D eigenvalue weighted by Crippen LogP contribution is 2.22. The second-order valence-corrected chi connectivity index (χ2v) is 10.9. The third-order valence-electron chi connectivity index (χ3n) is 7.16. The van der Waals surface area contributed by atoms with Crippen LogP contribution in [0.3, 0.4) is 0 Å². The van der Waals surface area contributed by atoms with Crippen LogP contribution in [0.5, 0.6) is 23.0 Å². The molecular weight excluding hydrogens is 568 g/mol. The molecule has 2 fully saturated rings. The number of hydrogen-bond acceptors (Lipinski definition) is 8. The standard InChI is InChI=1S/C37H38N2O6/c1(2-20-40-32-12-4-28(5-13-32)22-38-30-8-16-34(17-9-30)42-24-36-26-44-36)3-21-41-33-14-6-29(7-15-33)23-39-31-10-18-35(19-11-31)43-25-37-27-45-37/h4-19,22-23,36-37H,1-3,20-21,24-27H2. The monoisotopic (exact) mass is 606 g/mol. The van der Waals surface area contributed by atoms with Crippen LogP contribution >= 0.6 is 0 Å². The zero-order valence-electron chi connectivity index (χ0n) is 25.3. The van der Waals surface area contributed by atoms with Crippen LogP contribution in [0.2, 0.25) is 0 Å². The van der Waals surface area contributed by atoms with Crippen molar-refractivity contribution >= 4 is 23.8 Å². The third kappa shape index (κ3) is 10.8. The van der Waals surface area contributed by atoms with Gasteiger partial charge in [0.1, 0.15) is 48.4 Å². The molecule has 4 aromatic rings. The predicted octanol–water partition coefficient (Wildman–Crippen LogP) is 7.37. The SMILES string of the molecule is C(=Nc1ccc(OCC2CO2)cc1)c1ccc(OCCCCCOc2ccc(C=Nc3ccc(OCC4CO4)cc3)cc2)cc1. The molecule has 8 heteroatoms. The Kier molecular flexibility index (Phi) is 10.7. The highest BCUT2D eigenvalue weighted by Gasteiger charge is 2.23. The number of ether oxygens (including phenoxy) is 6. The van der Waals surface area contributed by atoms with Crippen LogP contribution in [0, 0.1) is 0 Å². The Morgan fingerprint density at radius 1 is 0.489 bits per heavy atom. The van der Waals surface area contributed by atoms with Crippen molar-refractivity contribution in [3.8, 4) is 23.0 Å². The molecule has 0 aromatic heterocycles. The van der Waals surface area contributed by atoms with Gasteiger partial charge in [-0.3, -0.25) is 9.98 Å². The second-order valence-electron chi connectivity index (χ2n) is 10.9. The van der Waals surface area contributed by atoms with E-state index in [9.17, 15) is 0 Å². The summed E-state index contributed by atoms with van der Waals surface area (Å²) in [7, 11) is 0. The molecule has 2 aliphatic heterocycles. The van der Waals surface area contributed by atoms with Gasteiger partial charge in [-0.25, -0.2) is 0 Å². The van der Waals surface area contributed by atoms with Gasteiger partial charge < -0.3 is 28.4 Å². The lowest BCUT2D eigenvalue weighted by atomic mass is 10.2. The van der Waals surface area contributed by atoms with Gasteiger partial charge in [-0.15, -0.1) is 0 Å². The first-order valence-corrected chi connectivity index (χ1v) is 15.5. The van der Waals surface area contributed by atoms with Gasteiger partial charge in [0.15, 0.2) is 0 Å². The number of nitrogens with zero attached hydrogens (tertiary/aromatic N) is 2. The Morgan fingerprint density at radius 3 is 1.22 bits per heavy atom. The largest absolute Gasteiger partial charge is 0.494 e. The van der Waals surface area contributed by atoms with Crippen molar-refractivity contribution in [1.29, 1.82) is 0 Å². The van der Waals surface area contributed by atoms with Crippen molar-refractivity contribution in [3.63, 3.8) is 0 Å². The molecular formula is C37H38N2O6. The summed E-state index contributed by atoms with van der Waals surface area (Å²) in [5, 5.41) is 0. The Bertz CT molecular complexity index is 1390. The minimum atomic E-state index is 0.252.